The van der Waals surface area contributed by atoms with Crippen LogP contribution < -0.4 is 5.32 Å². The molecule has 0 saturated heterocycles. The molecule has 7 heteroatoms. The highest BCUT2D eigenvalue weighted by atomic mass is 16.3. The number of anilines is 1. The topological polar surface area (TPSA) is 94.1 Å². The first kappa shape index (κ1) is 15.0. The molecule has 0 aromatic carbocycles. The number of aromatic amines is 1. The van der Waals surface area contributed by atoms with Crippen LogP contribution in [0.15, 0.2) is 30.6 Å². The summed E-state index contributed by atoms with van der Waals surface area (Å²) in [6.07, 6.45) is 3.20. The molecular formula is C14H19N5O2. The van der Waals surface area contributed by atoms with Gasteiger partial charge in [0.1, 0.15) is 5.69 Å². The van der Waals surface area contributed by atoms with Gasteiger partial charge in [0.15, 0.2) is 0 Å². The monoisotopic (exact) mass is 289 g/mol. The number of carbonyl (C=O) groups is 1. The minimum Gasteiger partial charge on any atom is -0.389 e. The first-order valence-electron chi connectivity index (χ1n) is 6.56. The van der Waals surface area contributed by atoms with E-state index in [0.29, 0.717) is 17.1 Å². The summed E-state index contributed by atoms with van der Waals surface area (Å²) < 4.78 is 0. The molecule has 7 nitrogen and oxygen atoms in total. The smallest absolute Gasteiger partial charge is 0.321 e. The summed E-state index contributed by atoms with van der Waals surface area (Å²) in [5.74, 6) is 0. The summed E-state index contributed by atoms with van der Waals surface area (Å²) in [4.78, 5) is 17.7. The molecule has 0 fully saturated rings. The average molecular weight is 289 g/mol. The van der Waals surface area contributed by atoms with Crippen molar-refractivity contribution in [1.29, 1.82) is 0 Å². The summed E-state index contributed by atoms with van der Waals surface area (Å²) >= 11 is 0. The maximum Gasteiger partial charge on any atom is 0.321 e. The van der Waals surface area contributed by atoms with E-state index in [9.17, 15) is 9.90 Å². The van der Waals surface area contributed by atoms with Gasteiger partial charge < -0.3 is 15.3 Å². The van der Waals surface area contributed by atoms with Crippen molar-refractivity contribution in [2.45, 2.75) is 19.4 Å². The number of nitrogens with zero attached hydrogens (tertiary/aromatic N) is 3. The van der Waals surface area contributed by atoms with Crippen molar-refractivity contribution in [3.63, 3.8) is 0 Å². The molecule has 2 rings (SSSR count). The Bertz CT molecular complexity index is 603. The van der Waals surface area contributed by atoms with Crippen molar-refractivity contribution in [1.82, 2.24) is 20.1 Å². The largest absolute Gasteiger partial charge is 0.389 e. The van der Waals surface area contributed by atoms with Crippen LogP contribution in [0, 0.1) is 0 Å². The first-order valence-corrected chi connectivity index (χ1v) is 6.56. The standard InChI is InChI=1S/C14H19N5O2/c1-14(2,21)9-19(3)13(20)17-11-8-16-18-12(11)10-6-4-5-7-15-10/h4-8,21H,9H2,1-3H3,(H,16,18)(H,17,20). The van der Waals surface area contributed by atoms with Crippen LogP contribution in [0.4, 0.5) is 10.5 Å². The van der Waals surface area contributed by atoms with E-state index in [0.717, 1.165) is 0 Å². The number of carbonyl (C=O) groups excluding carboxylic acids is 1. The van der Waals surface area contributed by atoms with Crippen molar-refractivity contribution < 1.29 is 9.90 Å². The fourth-order valence-electron chi connectivity index (χ4n) is 1.95. The highest BCUT2D eigenvalue weighted by molar-refractivity contribution is 5.92. The van der Waals surface area contributed by atoms with E-state index >= 15 is 0 Å². The zero-order chi connectivity index (χ0) is 15.5. The maximum atomic E-state index is 12.1. The van der Waals surface area contributed by atoms with E-state index in [2.05, 4.69) is 20.5 Å². The second-order valence-electron chi connectivity index (χ2n) is 5.47. The van der Waals surface area contributed by atoms with Crippen molar-refractivity contribution in [3.8, 4) is 11.4 Å². The molecule has 3 N–H and O–H groups in total. The van der Waals surface area contributed by atoms with Crippen LogP contribution in [-0.2, 0) is 0 Å². The number of rotatable bonds is 4. The molecule has 0 aliphatic carbocycles. The molecule has 2 aromatic heterocycles. The highest BCUT2D eigenvalue weighted by Crippen LogP contribution is 2.23. The molecule has 112 valence electrons. The molecule has 0 radical (unpaired) electrons. The molecule has 0 atom stereocenters. The van der Waals surface area contributed by atoms with Crippen LogP contribution in [0.3, 0.4) is 0 Å². The Morgan fingerprint density at radius 1 is 1.48 bits per heavy atom. The van der Waals surface area contributed by atoms with Crippen molar-refractivity contribution in [2.75, 3.05) is 18.9 Å². The fourth-order valence-corrected chi connectivity index (χ4v) is 1.95. The first-order chi connectivity index (χ1) is 9.87. The van der Waals surface area contributed by atoms with Gasteiger partial charge in [0.25, 0.3) is 0 Å². The van der Waals surface area contributed by atoms with Crippen LogP contribution in [0.2, 0.25) is 0 Å². The summed E-state index contributed by atoms with van der Waals surface area (Å²) in [6, 6.07) is 5.17. The van der Waals surface area contributed by atoms with Gasteiger partial charge in [-0.05, 0) is 26.0 Å². The normalized spacial score (nSPS) is 11.2. The summed E-state index contributed by atoms with van der Waals surface area (Å²) in [5, 5.41) is 19.3. The Morgan fingerprint density at radius 3 is 2.86 bits per heavy atom. The van der Waals surface area contributed by atoms with E-state index in [1.165, 1.54) is 11.1 Å². The van der Waals surface area contributed by atoms with Gasteiger partial charge in [0, 0.05) is 13.2 Å². The lowest BCUT2D eigenvalue weighted by Gasteiger charge is -2.25. The number of amides is 2. The van der Waals surface area contributed by atoms with E-state index in [4.69, 9.17) is 0 Å². The van der Waals surface area contributed by atoms with Crippen LogP contribution in [0.1, 0.15) is 13.8 Å². The van der Waals surface area contributed by atoms with Gasteiger partial charge in [-0.15, -0.1) is 0 Å². The fraction of sp³-hybridized carbons (Fsp3) is 0.357. The predicted molar refractivity (Wildman–Crippen MR) is 79.8 cm³/mol. The Morgan fingerprint density at radius 2 is 2.24 bits per heavy atom. The Labute approximate surface area is 123 Å². The molecule has 2 heterocycles. The molecule has 2 amide bonds. The molecular weight excluding hydrogens is 270 g/mol. The lowest BCUT2D eigenvalue weighted by molar-refractivity contribution is 0.0551. The van der Waals surface area contributed by atoms with Crippen molar-refractivity contribution in [3.05, 3.63) is 30.6 Å². The Balaban J connectivity index is 2.11. The van der Waals surface area contributed by atoms with Crippen molar-refractivity contribution >= 4 is 11.7 Å². The molecule has 0 bridgehead atoms. The van der Waals surface area contributed by atoms with Crippen LogP contribution >= 0.6 is 0 Å². The summed E-state index contributed by atoms with van der Waals surface area (Å²) in [5.41, 5.74) is 0.920. The zero-order valence-electron chi connectivity index (χ0n) is 12.3. The van der Waals surface area contributed by atoms with Crippen molar-refractivity contribution in [2.24, 2.45) is 0 Å². The molecule has 0 saturated carbocycles. The van der Waals surface area contributed by atoms with Gasteiger partial charge in [-0.2, -0.15) is 5.10 Å². The molecule has 0 unspecified atom stereocenters. The van der Waals surface area contributed by atoms with Crippen LogP contribution in [-0.4, -0.2) is 50.4 Å². The number of hydrogen-bond acceptors (Lipinski definition) is 4. The second-order valence-corrected chi connectivity index (χ2v) is 5.47. The number of aromatic nitrogens is 3. The summed E-state index contributed by atoms with van der Waals surface area (Å²) in [7, 11) is 1.62. The number of likely N-dealkylation sites (N-methyl/N-ethyl adjacent to an activating group) is 1. The van der Waals surface area contributed by atoms with E-state index in [-0.39, 0.29) is 12.6 Å². The van der Waals surface area contributed by atoms with Gasteiger partial charge in [0.05, 0.1) is 29.7 Å². The number of pyridine rings is 1. The lowest BCUT2D eigenvalue weighted by atomic mass is 10.1. The van der Waals surface area contributed by atoms with Gasteiger partial charge in [-0.1, -0.05) is 6.07 Å². The Kier molecular flexibility index (Phi) is 4.23. The number of urea groups is 1. The molecule has 0 spiro atoms. The second kappa shape index (κ2) is 5.92. The van der Waals surface area contributed by atoms with Gasteiger partial charge in [0.2, 0.25) is 0 Å². The molecule has 0 aliphatic rings. The SMILES string of the molecule is CN(CC(C)(C)O)C(=O)Nc1cn[nH]c1-c1ccccn1. The van der Waals surface area contributed by atoms with E-state index < -0.39 is 5.60 Å². The molecule has 21 heavy (non-hydrogen) atoms. The third-order valence-corrected chi connectivity index (χ3v) is 2.77. The summed E-state index contributed by atoms with van der Waals surface area (Å²) in [6.45, 7) is 3.51. The van der Waals surface area contributed by atoms with Crippen LogP contribution in [0.25, 0.3) is 11.4 Å². The minimum atomic E-state index is -0.952. The minimum absolute atomic E-state index is 0.218. The zero-order valence-corrected chi connectivity index (χ0v) is 12.3. The molecule has 2 aromatic rings. The average Bonchev–Trinajstić information content (AvgIpc) is 2.86. The number of aliphatic hydroxyl groups is 1. The molecule has 0 aliphatic heterocycles. The third-order valence-electron chi connectivity index (χ3n) is 2.77. The quantitative estimate of drug-likeness (QED) is 0.798. The van der Waals surface area contributed by atoms with Gasteiger partial charge in [-0.25, -0.2) is 4.79 Å². The van der Waals surface area contributed by atoms with E-state index in [1.54, 1.807) is 27.1 Å². The van der Waals surface area contributed by atoms with Gasteiger partial charge in [-0.3, -0.25) is 10.1 Å². The predicted octanol–water partition coefficient (Wildman–Crippen LogP) is 1.71. The highest BCUT2D eigenvalue weighted by Gasteiger charge is 2.20. The number of H-pyrrole nitrogens is 1. The van der Waals surface area contributed by atoms with Crippen LogP contribution in [0.5, 0.6) is 0 Å². The number of nitrogens with one attached hydrogen (secondary N) is 2. The Hall–Kier alpha value is -2.41. The van der Waals surface area contributed by atoms with E-state index in [1.807, 2.05) is 18.2 Å². The maximum absolute atomic E-state index is 12.1. The number of hydrogen-bond donors (Lipinski definition) is 3. The van der Waals surface area contributed by atoms with Gasteiger partial charge >= 0.3 is 6.03 Å². The third kappa shape index (κ3) is 4.03. The lowest BCUT2D eigenvalue weighted by Crippen LogP contribution is -2.41.